The van der Waals surface area contributed by atoms with Gasteiger partial charge in [-0.1, -0.05) is 12.8 Å². The number of Topliss-reactive ketones (excluding diaryl/α,β-unsaturated/α-hetero) is 1. The van der Waals surface area contributed by atoms with E-state index in [1.54, 1.807) is 11.3 Å². The summed E-state index contributed by atoms with van der Waals surface area (Å²) < 4.78 is 40.7. The monoisotopic (exact) mass is 501 g/mol. The summed E-state index contributed by atoms with van der Waals surface area (Å²) >= 11 is 2.94. The van der Waals surface area contributed by atoms with E-state index in [-0.39, 0.29) is 0 Å². The lowest BCUT2D eigenvalue weighted by Gasteiger charge is -2.31. The largest absolute Gasteiger partial charge is 0.522 e. The summed E-state index contributed by atoms with van der Waals surface area (Å²) in [6.45, 7) is 4.08. The molecule has 33 heavy (non-hydrogen) atoms. The molecule has 0 bridgehead atoms. The molecule has 1 saturated carbocycles. The Morgan fingerprint density at radius 1 is 1.21 bits per heavy atom. The highest BCUT2D eigenvalue weighted by atomic mass is 32.1. The second-order valence-electron chi connectivity index (χ2n) is 9.18. The lowest BCUT2D eigenvalue weighted by Crippen LogP contribution is -2.32. The molecule has 0 amide bonds. The van der Waals surface area contributed by atoms with E-state index in [0.29, 0.717) is 42.0 Å². The number of ether oxygens (including phenoxy) is 1. The number of rotatable bonds is 9. The number of carbonyl (C=O) groups is 1. The molecule has 0 spiro atoms. The average molecular weight is 502 g/mol. The minimum absolute atomic E-state index is 0.328. The van der Waals surface area contributed by atoms with E-state index < -0.39 is 13.0 Å². The van der Waals surface area contributed by atoms with Gasteiger partial charge in [-0.3, -0.25) is 14.4 Å². The molecule has 2 aliphatic rings. The van der Waals surface area contributed by atoms with Crippen LogP contribution in [0.25, 0.3) is 0 Å². The number of hydrogen-bond acceptors (Lipinski definition) is 7. The molecule has 0 atom stereocenters. The van der Waals surface area contributed by atoms with Gasteiger partial charge in [-0.15, -0.1) is 35.8 Å². The number of nitrogens with zero attached hydrogens (tertiary/aromatic N) is 3. The number of halogens is 3. The fourth-order valence-electron chi connectivity index (χ4n) is 4.87. The van der Waals surface area contributed by atoms with Gasteiger partial charge in [0.05, 0.1) is 10.7 Å². The van der Waals surface area contributed by atoms with Crippen LogP contribution in [-0.2, 0) is 35.5 Å². The molecule has 10 heteroatoms. The van der Waals surface area contributed by atoms with Crippen LogP contribution in [0.15, 0.2) is 6.20 Å². The maximum Gasteiger partial charge on any atom is 0.522 e. The van der Waals surface area contributed by atoms with Crippen molar-refractivity contribution in [2.24, 2.45) is 11.8 Å². The second kappa shape index (κ2) is 10.9. The van der Waals surface area contributed by atoms with Gasteiger partial charge in [-0.2, -0.15) is 0 Å². The van der Waals surface area contributed by atoms with Crippen molar-refractivity contribution in [3.05, 3.63) is 31.7 Å². The van der Waals surface area contributed by atoms with E-state index in [0.717, 1.165) is 59.2 Å². The minimum atomic E-state index is -4.62. The zero-order valence-electron chi connectivity index (χ0n) is 18.8. The average Bonchev–Trinajstić information content (AvgIpc) is 3.36. The van der Waals surface area contributed by atoms with E-state index in [1.807, 2.05) is 13.1 Å². The summed E-state index contributed by atoms with van der Waals surface area (Å²) in [4.78, 5) is 25.5. The Hall–Kier alpha value is -1.36. The third-order valence-electron chi connectivity index (χ3n) is 6.59. The Morgan fingerprint density at radius 2 is 1.97 bits per heavy atom. The van der Waals surface area contributed by atoms with Crippen molar-refractivity contribution in [1.29, 1.82) is 0 Å². The fraction of sp³-hybridized carbons (Fsp3) is 0.696. The standard InChI is InChI=1S/C23H30F3N3O2S2/c1-15-27-12-19(32-15)11-18(30)10-17-4-2-16(3-5-17)6-8-29-9-7-21-20(13-29)28-22(33-21)14-31-23(24,25)26/h12,16-17H,2-11,13-14H2,1H3. The first-order chi connectivity index (χ1) is 15.7. The van der Waals surface area contributed by atoms with Crippen molar-refractivity contribution in [2.75, 3.05) is 13.1 Å². The molecule has 2 aromatic heterocycles. The molecular formula is C23H30F3N3O2S2. The second-order valence-corrected chi connectivity index (χ2v) is 11.7. The summed E-state index contributed by atoms with van der Waals surface area (Å²) in [5.74, 6) is 1.52. The quantitative estimate of drug-likeness (QED) is 0.441. The number of carbonyl (C=O) groups excluding carboxylic acids is 1. The molecule has 2 aromatic rings. The van der Waals surface area contributed by atoms with Gasteiger partial charge < -0.3 is 0 Å². The van der Waals surface area contributed by atoms with Crippen molar-refractivity contribution in [3.8, 4) is 0 Å². The number of alkyl halides is 3. The van der Waals surface area contributed by atoms with Crippen LogP contribution in [0.1, 0.15) is 64.0 Å². The van der Waals surface area contributed by atoms with Crippen LogP contribution in [0.4, 0.5) is 13.2 Å². The third kappa shape index (κ3) is 7.56. The van der Waals surface area contributed by atoms with Crippen LogP contribution in [0.2, 0.25) is 0 Å². The van der Waals surface area contributed by atoms with E-state index in [1.165, 1.54) is 24.2 Å². The third-order valence-corrected chi connectivity index (χ3v) is 8.63. The number of ketones is 1. The molecule has 0 N–H and O–H groups in total. The SMILES string of the molecule is Cc1ncc(CC(=O)CC2CCC(CCN3CCc4sc(COC(F)(F)F)nc4C3)CC2)s1. The summed E-state index contributed by atoms with van der Waals surface area (Å²) in [6.07, 6.45) is 4.96. The first kappa shape index (κ1) is 24.8. The van der Waals surface area contributed by atoms with E-state index in [9.17, 15) is 18.0 Å². The van der Waals surface area contributed by atoms with Gasteiger partial charge in [0.15, 0.2) is 0 Å². The smallest absolute Gasteiger partial charge is 0.299 e. The molecule has 0 saturated heterocycles. The van der Waals surface area contributed by atoms with Crippen molar-refractivity contribution in [3.63, 3.8) is 0 Å². The van der Waals surface area contributed by atoms with Gasteiger partial charge in [0.25, 0.3) is 0 Å². The van der Waals surface area contributed by atoms with Crippen LogP contribution in [0, 0.1) is 18.8 Å². The number of hydrogen-bond donors (Lipinski definition) is 0. The van der Waals surface area contributed by atoms with Crippen molar-refractivity contribution >= 4 is 28.5 Å². The number of aryl methyl sites for hydroxylation is 1. The van der Waals surface area contributed by atoms with E-state index >= 15 is 0 Å². The topological polar surface area (TPSA) is 55.3 Å². The molecular weight excluding hydrogens is 471 g/mol. The summed E-state index contributed by atoms with van der Waals surface area (Å²) in [5.41, 5.74) is 0.908. The highest BCUT2D eigenvalue weighted by molar-refractivity contribution is 7.12. The van der Waals surface area contributed by atoms with Crippen molar-refractivity contribution < 1.29 is 22.7 Å². The van der Waals surface area contributed by atoms with Gasteiger partial charge in [0.2, 0.25) is 0 Å². The summed E-state index contributed by atoms with van der Waals surface area (Å²) in [7, 11) is 0. The number of thiazole rings is 2. The molecule has 0 aromatic carbocycles. The van der Waals surface area contributed by atoms with Crippen LogP contribution in [0.5, 0.6) is 0 Å². The molecule has 182 valence electrons. The van der Waals surface area contributed by atoms with Crippen LogP contribution >= 0.6 is 22.7 Å². The molecule has 0 radical (unpaired) electrons. The lowest BCUT2D eigenvalue weighted by molar-refractivity contribution is -0.330. The normalized spacial score (nSPS) is 21.8. The predicted octanol–water partition coefficient (Wildman–Crippen LogP) is 5.70. The van der Waals surface area contributed by atoms with Crippen LogP contribution < -0.4 is 0 Å². The van der Waals surface area contributed by atoms with E-state index in [4.69, 9.17) is 0 Å². The fourth-order valence-corrected chi connectivity index (χ4v) is 6.67. The molecule has 3 heterocycles. The maximum absolute atomic E-state index is 12.4. The molecule has 0 unspecified atom stereocenters. The van der Waals surface area contributed by atoms with E-state index in [2.05, 4.69) is 19.6 Å². The van der Waals surface area contributed by atoms with Crippen LogP contribution in [0.3, 0.4) is 0 Å². The first-order valence-corrected chi connectivity index (χ1v) is 13.2. The van der Waals surface area contributed by atoms with Crippen molar-refractivity contribution in [1.82, 2.24) is 14.9 Å². The Labute approximate surface area is 200 Å². The molecule has 1 aliphatic heterocycles. The maximum atomic E-state index is 12.4. The number of aromatic nitrogens is 2. The first-order valence-electron chi connectivity index (χ1n) is 11.6. The Bertz CT molecular complexity index is 936. The van der Waals surface area contributed by atoms with Crippen molar-refractivity contribution in [2.45, 2.75) is 77.8 Å². The summed E-state index contributed by atoms with van der Waals surface area (Å²) in [6, 6.07) is 0. The minimum Gasteiger partial charge on any atom is -0.299 e. The number of fused-ring (bicyclic) bond motifs is 1. The molecule has 4 rings (SSSR count). The molecule has 1 fully saturated rings. The van der Waals surface area contributed by atoms with Gasteiger partial charge in [-0.25, -0.2) is 9.97 Å². The summed E-state index contributed by atoms with van der Waals surface area (Å²) in [5, 5.41) is 1.41. The van der Waals surface area contributed by atoms with Gasteiger partial charge in [-0.05, 0) is 51.0 Å². The van der Waals surface area contributed by atoms with Gasteiger partial charge >= 0.3 is 6.36 Å². The molecule has 5 nitrogen and oxygen atoms in total. The Kier molecular flexibility index (Phi) is 8.19. The lowest BCUT2D eigenvalue weighted by atomic mass is 9.78. The van der Waals surface area contributed by atoms with Crippen LogP contribution in [-0.4, -0.2) is 40.1 Å². The predicted molar refractivity (Wildman–Crippen MR) is 122 cm³/mol. The Balaban J connectivity index is 1.15. The zero-order valence-corrected chi connectivity index (χ0v) is 20.5. The van der Waals surface area contributed by atoms with Gasteiger partial charge in [0.1, 0.15) is 17.4 Å². The molecule has 1 aliphatic carbocycles. The zero-order chi connectivity index (χ0) is 23.4. The Morgan fingerprint density at radius 3 is 2.67 bits per heavy atom. The highest BCUT2D eigenvalue weighted by Crippen LogP contribution is 2.34. The van der Waals surface area contributed by atoms with Gasteiger partial charge in [0, 0.05) is 41.9 Å². The highest BCUT2D eigenvalue weighted by Gasteiger charge is 2.30.